The van der Waals surface area contributed by atoms with Crippen LogP contribution in [-0.4, -0.2) is 47.0 Å². The summed E-state index contributed by atoms with van der Waals surface area (Å²) in [4.78, 5) is 14.1. The van der Waals surface area contributed by atoms with Crippen LogP contribution in [0.3, 0.4) is 0 Å². The Bertz CT molecular complexity index is 605. The summed E-state index contributed by atoms with van der Waals surface area (Å²) in [5.74, 6) is 0. The lowest BCUT2D eigenvalue weighted by Gasteiger charge is -2.32. The largest absolute Gasteiger partial charge is 0.359 e. The molecule has 0 bridgehead atoms. The van der Waals surface area contributed by atoms with E-state index in [1.807, 2.05) is 0 Å². The maximum absolute atomic E-state index is 12.0. The highest BCUT2D eigenvalue weighted by atomic mass is 32.2. The van der Waals surface area contributed by atoms with Crippen molar-refractivity contribution in [2.24, 2.45) is 0 Å². The third-order valence-corrected chi connectivity index (χ3v) is 6.57. The van der Waals surface area contributed by atoms with Gasteiger partial charge in [0, 0.05) is 19.1 Å². The van der Waals surface area contributed by atoms with Crippen molar-refractivity contribution in [1.82, 2.24) is 9.29 Å². The molecule has 0 aliphatic carbocycles. The standard InChI is InChI=1S/C11H18N4O4S2/c1-8(2)21(18,19)14-5-3-9(4-6-14)13-11-12-7-10(20-11)15(16)17/h7-9H,3-6H2,1-2H3,(H,12,13). The van der Waals surface area contributed by atoms with Gasteiger partial charge in [0.15, 0.2) is 5.13 Å². The number of nitrogens with zero attached hydrogens (tertiary/aromatic N) is 3. The quantitative estimate of drug-likeness (QED) is 0.648. The normalized spacial score (nSPS) is 18.0. The summed E-state index contributed by atoms with van der Waals surface area (Å²) in [6.45, 7) is 4.28. The van der Waals surface area contributed by atoms with Gasteiger partial charge in [-0.05, 0) is 38.0 Å². The van der Waals surface area contributed by atoms with E-state index in [0.29, 0.717) is 31.1 Å². The van der Waals surface area contributed by atoms with E-state index >= 15 is 0 Å². The lowest BCUT2D eigenvalue weighted by atomic mass is 10.1. The number of thiazole rings is 1. The minimum atomic E-state index is -3.20. The lowest BCUT2D eigenvalue weighted by Crippen LogP contribution is -2.44. The molecule has 21 heavy (non-hydrogen) atoms. The maximum Gasteiger partial charge on any atom is 0.345 e. The van der Waals surface area contributed by atoms with Gasteiger partial charge in [0.25, 0.3) is 0 Å². The number of aromatic nitrogens is 1. The van der Waals surface area contributed by atoms with E-state index in [1.54, 1.807) is 13.8 Å². The minimum Gasteiger partial charge on any atom is -0.359 e. The van der Waals surface area contributed by atoms with Crippen molar-refractivity contribution in [2.75, 3.05) is 18.4 Å². The Hall–Kier alpha value is -1.26. The van der Waals surface area contributed by atoms with Crippen molar-refractivity contribution in [1.29, 1.82) is 0 Å². The van der Waals surface area contributed by atoms with Crippen LogP contribution >= 0.6 is 11.3 Å². The molecule has 118 valence electrons. The number of rotatable bonds is 5. The summed E-state index contributed by atoms with van der Waals surface area (Å²) >= 11 is 0.993. The van der Waals surface area contributed by atoms with Crippen molar-refractivity contribution in [3.63, 3.8) is 0 Å². The smallest absolute Gasteiger partial charge is 0.345 e. The summed E-state index contributed by atoms with van der Waals surface area (Å²) in [6.07, 6.45) is 2.56. The number of nitro groups is 1. The number of anilines is 1. The van der Waals surface area contributed by atoms with Gasteiger partial charge < -0.3 is 5.32 Å². The Kier molecular flexibility index (Phi) is 4.79. The summed E-state index contributed by atoms with van der Waals surface area (Å²) in [6, 6.07) is 0.0920. The third-order valence-electron chi connectivity index (χ3n) is 3.41. The predicted octanol–water partition coefficient (Wildman–Crippen LogP) is 1.67. The Morgan fingerprint density at radius 3 is 2.57 bits per heavy atom. The van der Waals surface area contributed by atoms with E-state index in [9.17, 15) is 18.5 Å². The predicted molar refractivity (Wildman–Crippen MR) is 81.0 cm³/mol. The van der Waals surface area contributed by atoms with Crippen LogP contribution in [0.2, 0.25) is 0 Å². The Morgan fingerprint density at radius 2 is 2.10 bits per heavy atom. The summed E-state index contributed by atoms with van der Waals surface area (Å²) in [7, 11) is -3.20. The Labute approximate surface area is 127 Å². The average molecular weight is 334 g/mol. The van der Waals surface area contributed by atoms with Crippen LogP contribution in [0.15, 0.2) is 6.20 Å². The van der Waals surface area contributed by atoms with E-state index < -0.39 is 20.2 Å². The SMILES string of the molecule is CC(C)S(=O)(=O)N1CCC(Nc2ncc([N+](=O)[O-])s2)CC1. The van der Waals surface area contributed by atoms with Gasteiger partial charge in [-0.2, -0.15) is 0 Å². The van der Waals surface area contributed by atoms with Crippen molar-refractivity contribution in [3.05, 3.63) is 16.3 Å². The average Bonchev–Trinajstić information content (AvgIpc) is 2.88. The van der Waals surface area contributed by atoms with E-state index in [4.69, 9.17) is 0 Å². The van der Waals surface area contributed by atoms with Crippen molar-refractivity contribution in [2.45, 2.75) is 38.0 Å². The molecule has 2 heterocycles. The van der Waals surface area contributed by atoms with Crippen LogP contribution in [0.5, 0.6) is 0 Å². The van der Waals surface area contributed by atoms with Crippen LogP contribution in [0.1, 0.15) is 26.7 Å². The monoisotopic (exact) mass is 334 g/mol. The molecule has 2 rings (SSSR count). The zero-order valence-corrected chi connectivity index (χ0v) is 13.5. The first-order valence-corrected chi connectivity index (χ1v) is 8.98. The van der Waals surface area contributed by atoms with Crippen LogP contribution < -0.4 is 5.32 Å². The topological polar surface area (TPSA) is 105 Å². The molecule has 1 saturated heterocycles. The number of hydrogen-bond acceptors (Lipinski definition) is 7. The second-order valence-corrected chi connectivity index (χ2v) is 8.67. The maximum atomic E-state index is 12.0. The molecule has 0 saturated carbocycles. The molecule has 0 radical (unpaired) electrons. The van der Waals surface area contributed by atoms with Gasteiger partial charge in [-0.3, -0.25) is 10.1 Å². The molecule has 0 atom stereocenters. The molecule has 1 aromatic heterocycles. The van der Waals surface area contributed by atoms with E-state index in [0.717, 1.165) is 11.3 Å². The van der Waals surface area contributed by atoms with Crippen molar-refractivity contribution < 1.29 is 13.3 Å². The molecule has 0 amide bonds. The lowest BCUT2D eigenvalue weighted by molar-refractivity contribution is -0.380. The molecule has 1 aliphatic rings. The Morgan fingerprint density at radius 1 is 1.48 bits per heavy atom. The molecule has 0 spiro atoms. The highest BCUT2D eigenvalue weighted by molar-refractivity contribution is 7.89. The fraction of sp³-hybridized carbons (Fsp3) is 0.727. The zero-order chi connectivity index (χ0) is 15.6. The van der Waals surface area contributed by atoms with Crippen LogP contribution in [-0.2, 0) is 10.0 Å². The molecule has 1 N–H and O–H groups in total. The van der Waals surface area contributed by atoms with Crippen LogP contribution in [0.4, 0.5) is 10.1 Å². The Balaban J connectivity index is 1.91. The number of piperidine rings is 1. The fourth-order valence-corrected chi connectivity index (χ4v) is 4.17. The number of hydrogen-bond donors (Lipinski definition) is 1. The van der Waals surface area contributed by atoms with Gasteiger partial charge in [0.2, 0.25) is 10.0 Å². The first-order chi connectivity index (χ1) is 9.80. The van der Waals surface area contributed by atoms with Gasteiger partial charge in [0.1, 0.15) is 6.20 Å². The molecule has 0 unspecified atom stereocenters. The van der Waals surface area contributed by atoms with E-state index in [1.165, 1.54) is 10.5 Å². The van der Waals surface area contributed by atoms with Gasteiger partial charge in [-0.15, -0.1) is 0 Å². The van der Waals surface area contributed by atoms with Crippen LogP contribution in [0.25, 0.3) is 0 Å². The molecule has 1 aliphatic heterocycles. The van der Waals surface area contributed by atoms with Gasteiger partial charge >= 0.3 is 5.00 Å². The van der Waals surface area contributed by atoms with Gasteiger partial charge in [-0.25, -0.2) is 17.7 Å². The van der Waals surface area contributed by atoms with Gasteiger partial charge in [0.05, 0.1) is 10.2 Å². The highest BCUT2D eigenvalue weighted by Gasteiger charge is 2.30. The first-order valence-electron chi connectivity index (χ1n) is 6.66. The summed E-state index contributed by atoms with van der Waals surface area (Å²) < 4.78 is 25.6. The second kappa shape index (κ2) is 6.24. The highest BCUT2D eigenvalue weighted by Crippen LogP contribution is 2.27. The number of sulfonamides is 1. The molecule has 1 aromatic rings. The third kappa shape index (κ3) is 3.69. The summed E-state index contributed by atoms with van der Waals surface area (Å²) in [5, 5.41) is 13.8. The molecule has 8 nitrogen and oxygen atoms in total. The molecule has 0 aromatic carbocycles. The fourth-order valence-electron chi connectivity index (χ4n) is 2.14. The molecule has 10 heteroatoms. The molecular formula is C11H18N4O4S2. The van der Waals surface area contributed by atoms with Crippen molar-refractivity contribution >= 4 is 31.5 Å². The van der Waals surface area contributed by atoms with Crippen molar-refractivity contribution in [3.8, 4) is 0 Å². The zero-order valence-electron chi connectivity index (χ0n) is 11.9. The minimum absolute atomic E-state index is 0.00248. The number of nitrogens with one attached hydrogen (secondary N) is 1. The molecular weight excluding hydrogens is 316 g/mol. The second-order valence-electron chi connectivity index (χ2n) is 5.17. The van der Waals surface area contributed by atoms with Crippen LogP contribution in [0, 0.1) is 10.1 Å². The molecule has 1 fully saturated rings. The van der Waals surface area contributed by atoms with Gasteiger partial charge in [-0.1, -0.05) is 0 Å². The van der Waals surface area contributed by atoms with E-state index in [-0.39, 0.29) is 11.0 Å². The first kappa shape index (κ1) is 16.1. The van der Waals surface area contributed by atoms with E-state index in [2.05, 4.69) is 10.3 Å². The summed E-state index contributed by atoms with van der Waals surface area (Å²) in [5.41, 5.74) is 0.